The van der Waals surface area contributed by atoms with Crippen LogP contribution in [0, 0.1) is 3.57 Å². The van der Waals surface area contributed by atoms with Crippen molar-refractivity contribution in [1.82, 2.24) is 9.97 Å². The molecule has 76 valence electrons. The summed E-state index contributed by atoms with van der Waals surface area (Å²) in [6.45, 7) is 0. The van der Waals surface area contributed by atoms with Crippen molar-refractivity contribution in [3.8, 4) is 0 Å². The van der Waals surface area contributed by atoms with Gasteiger partial charge in [0.1, 0.15) is 12.1 Å². The summed E-state index contributed by atoms with van der Waals surface area (Å²) in [7, 11) is 2.13. The van der Waals surface area contributed by atoms with Crippen LogP contribution >= 0.6 is 34.4 Å². The van der Waals surface area contributed by atoms with Gasteiger partial charge in [-0.15, -0.1) is 0 Å². The molecule has 1 aromatic rings. The number of thioether (sulfide) groups is 1. The molecule has 0 radical (unpaired) electrons. The summed E-state index contributed by atoms with van der Waals surface area (Å²) >= 11 is 4.31. The third-order valence-electron chi connectivity index (χ3n) is 2.44. The number of rotatable bonds is 2. The molecule has 1 saturated heterocycles. The lowest BCUT2D eigenvalue weighted by Gasteiger charge is -2.25. The molecule has 1 fully saturated rings. The second kappa shape index (κ2) is 4.65. The van der Waals surface area contributed by atoms with Gasteiger partial charge in [0.15, 0.2) is 0 Å². The predicted octanol–water partition coefficient (Wildman–Crippen LogP) is 2.02. The Morgan fingerprint density at radius 1 is 1.64 bits per heavy atom. The minimum Gasteiger partial charge on any atom is -0.355 e. The van der Waals surface area contributed by atoms with E-state index in [0.29, 0.717) is 6.04 Å². The summed E-state index contributed by atoms with van der Waals surface area (Å²) in [5.74, 6) is 3.56. The molecule has 2 heterocycles. The molecule has 0 spiro atoms. The van der Waals surface area contributed by atoms with Crippen LogP contribution < -0.4 is 4.90 Å². The zero-order chi connectivity index (χ0) is 9.97. The first-order chi connectivity index (χ1) is 6.79. The number of hydrogen-bond acceptors (Lipinski definition) is 4. The van der Waals surface area contributed by atoms with Crippen molar-refractivity contribution in [2.24, 2.45) is 0 Å². The molecule has 14 heavy (non-hydrogen) atoms. The van der Waals surface area contributed by atoms with E-state index in [1.165, 1.54) is 17.9 Å². The Balaban J connectivity index is 2.17. The molecule has 5 heteroatoms. The van der Waals surface area contributed by atoms with E-state index in [1.807, 2.05) is 18.0 Å². The highest BCUT2D eigenvalue weighted by molar-refractivity contribution is 14.1. The summed E-state index contributed by atoms with van der Waals surface area (Å²) in [6.07, 6.45) is 4.75. The SMILES string of the molecule is CN(c1ncncc1I)C1CCSC1. The topological polar surface area (TPSA) is 29.0 Å². The molecule has 0 amide bonds. The van der Waals surface area contributed by atoms with Crippen molar-refractivity contribution >= 4 is 40.2 Å². The van der Waals surface area contributed by atoms with E-state index in [4.69, 9.17) is 0 Å². The highest BCUT2D eigenvalue weighted by atomic mass is 127. The van der Waals surface area contributed by atoms with Crippen LogP contribution in [0.15, 0.2) is 12.5 Å². The number of nitrogens with zero attached hydrogens (tertiary/aromatic N) is 3. The van der Waals surface area contributed by atoms with Gasteiger partial charge >= 0.3 is 0 Å². The lowest BCUT2D eigenvalue weighted by atomic mass is 10.2. The monoisotopic (exact) mass is 321 g/mol. The number of halogens is 1. The first kappa shape index (κ1) is 10.5. The highest BCUT2D eigenvalue weighted by Crippen LogP contribution is 2.26. The lowest BCUT2D eigenvalue weighted by molar-refractivity contribution is 0.689. The van der Waals surface area contributed by atoms with E-state index in [0.717, 1.165) is 9.39 Å². The van der Waals surface area contributed by atoms with Crippen LogP contribution in [0.1, 0.15) is 6.42 Å². The molecule has 0 N–H and O–H groups in total. The molecular formula is C9H12IN3S. The van der Waals surface area contributed by atoms with Gasteiger partial charge in [-0.3, -0.25) is 0 Å². The molecular weight excluding hydrogens is 309 g/mol. The van der Waals surface area contributed by atoms with Crippen LogP contribution in [0.25, 0.3) is 0 Å². The molecule has 1 unspecified atom stereocenters. The Bertz CT molecular complexity index is 315. The van der Waals surface area contributed by atoms with Crippen molar-refractivity contribution in [1.29, 1.82) is 0 Å². The predicted molar refractivity (Wildman–Crippen MR) is 68.9 cm³/mol. The first-order valence-electron chi connectivity index (χ1n) is 4.55. The van der Waals surface area contributed by atoms with E-state index in [2.05, 4.69) is 44.5 Å². The fourth-order valence-corrected chi connectivity index (χ4v) is 3.51. The minimum absolute atomic E-state index is 0.642. The van der Waals surface area contributed by atoms with Crippen LogP contribution in [0.3, 0.4) is 0 Å². The summed E-state index contributed by atoms with van der Waals surface area (Å²) in [6, 6.07) is 0.642. The molecule has 0 aromatic carbocycles. The first-order valence-corrected chi connectivity index (χ1v) is 6.78. The summed E-state index contributed by atoms with van der Waals surface area (Å²) in [4.78, 5) is 10.6. The quantitative estimate of drug-likeness (QED) is 0.780. The Kier molecular flexibility index (Phi) is 3.48. The Morgan fingerprint density at radius 2 is 2.50 bits per heavy atom. The Labute approximate surface area is 102 Å². The standard InChI is InChI=1S/C9H12IN3S/c1-13(7-2-3-14-5-7)9-8(10)4-11-6-12-9/h4,6-7H,2-3,5H2,1H3. The molecule has 1 aliphatic heterocycles. The molecule has 1 aliphatic rings. The summed E-state index contributed by atoms with van der Waals surface area (Å²) in [5, 5.41) is 0. The number of hydrogen-bond donors (Lipinski definition) is 0. The molecule has 0 aliphatic carbocycles. The fraction of sp³-hybridized carbons (Fsp3) is 0.556. The number of aromatic nitrogens is 2. The minimum atomic E-state index is 0.642. The maximum Gasteiger partial charge on any atom is 0.145 e. The Morgan fingerprint density at radius 3 is 3.14 bits per heavy atom. The van der Waals surface area contributed by atoms with Gasteiger partial charge in [-0.2, -0.15) is 11.8 Å². The molecule has 0 saturated carbocycles. The van der Waals surface area contributed by atoms with Gasteiger partial charge < -0.3 is 4.90 Å². The van der Waals surface area contributed by atoms with E-state index in [9.17, 15) is 0 Å². The number of anilines is 1. The van der Waals surface area contributed by atoms with Crippen LogP contribution in [0.5, 0.6) is 0 Å². The molecule has 1 aromatic heterocycles. The van der Waals surface area contributed by atoms with Gasteiger partial charge in [-0.25, -0.2) is 9.97 Å². The molecule has 0 bridgehead atoms. The average molecular weight is 321 g/mol. The van der Waals surface area contributed by atoms with E-state index < -0.39 is 0 Å². The van der Waals surface area contributed by atoms with Crippen molar-refractivity contribution in [2.75, 3.05) is 23.5 Å². The fourth-order valence-electron chi connectivity index (χ4n) is 1.57. The third-order valence-corrected chi connectivity index (χ3v) is 4.34. The molecule has 1 atom stereocenters. The normalized spacial score (nSPS) is 21.1. The van der Waals surface area contributed by atoms with Crippen molar-refractivity contribution in [2.45, 2.75) is 12.5 Å². The van der Waals surface area contributed by atoms with E-state index in [1.54, 1.807) is 6.33 Å². The van der Waals surface area contributed by atoms with Gasteiger partial charge in [0.2, 0.25) is 0 Å². The van der Waals surface area contributed by atoms with E-state index in [-0.39, 0.29) is 0 Å². The van der Waals surface area contributed by atoms with Gasteiger partial charge in [0.25, 0.3) is 0 Å². The van der Waals surface area contributed by atoms with Gasteiger partial charge in [0, 0.05) is 25.0 Å². The smallest absolute Gasteiger partial charge is 0.145 e. The van der Waals surface area contributed by atoms with Gasteiger partial charge in [-0.1, -0.05) is 0 Å². The van der Waals surface area contributed by atoms with Crippen LogP contribution in [-0.4, -0.2) is 34.6 Å². The lowest BCUT2D eigenvalue weighted by Crippen LogP contribution is -2.32. The van der Waals surface area contributed by atoms with Gasteiger partial charge in [0.05, 0.1) is 3.57 Å². The van der Waals surface area contributed by atoms with Gasteiger partial charge in [-0.05, 0) is 34.8 Å². The molecule has 2 rings (SSSR count). The summed E-state index contributed by atoms with van der Waals surface area (Å²) < 4.78 is 1.13. The second-order valence-corrected chi connectivity index (χ2v) is 5.63. The zero-order valence-electron chi connectivity index (χ0n) is 7.98. The molecule has 3 nitrogen and oxygen atoms in total. The Hall–Kier alpha value is -0.0400. The van der Waals surface area contributed by atoms with Crippen LogP contribution in [0.2, 0.25) is 0 Å². The second-order valence-electron chi connectivity index (χ2n) is 3.32. The third kappa shape index (κ3) is 2.13. The highest BCUT2D eigenvalue weighted by Gasteiger charge is 2.22. The van der Waals surface area contributed by atoms with Crippen molar-refractivity contribution in [3.63, 3.8) is 0 Å². The van der Waals surface area contributed by atoms with E-state index >= 15 is 0 Å². The average Bonchev–Trinajstić information content (AvgIpc) is 2.70. The van der Waals surface area contributed by atoms with Crippen molar-refractivity contribution in [3.05, 3.63) is 16.1 Å². The van der Waals surface area contributed by atoms with Crippen molar-refractivity contribution < 1.29 is 0 Å². The maximum atomic E-state index is 4.32. The van der Waals surface area contributed by atoms with Crippen LogP contribution in [0.4, 0.5) is 5.82 Å². The zero-order valence-corrected chi connectivity index (χ0v) is 11.0. The maximum absolute atomic E-state index is 4.32. The van der Waals surface area contributed by atoms with Crippen LogP contribution in [-0.2, 0) is 0 Å². The largest absolute Gasteiger partial charge is 0.355 e. The summed E-state index contributed by atoms with van der Waals surface area (Å²) in [5.41, 5.74) is 0.